The van der Waals surface area contributed by atoms with Crippen LogP contribution >= 0.6 is 15.9 Å². The third-order valence-electron chi connectivity index (χ3n) is 2.52. The fourth-order valence-corrected chi connectivity index (χ4v) is 2.59. The molecule has 6 nitrogen and oxygen atoms in total. The molecule has 0 fully saturated rings. The number of ether oxygens (including phenoxy) is 1. The first kappa shape index (κ1) is 16.9. The molecule has 1 rings (SSSR count). The second-order valence-corrected chi connectivity index (χ2v) is 6.79. The number of carbonyl (C=O) groups is 1. The number of primary sulfonamides is 1. The van der Waals surface area contributed by atoms with Crippen LogP contribution in [0.2, 0.25) is 0 Å². The summed E-state index contributed by atoms with van der Waals surface area (Å²) in [6, 6.07) is 4.29. The molecule has 0 radical (unpaired) electrons. The molecule has 0 aliphatic carbocycles. The molecular formula is C12H17BrN2O4S. The van der Waals surface area contributed by atoms with E-state index in [1.165, 1.54) is 23.1 Å². The number of benzene rings is 1. The van der Waals surface area contributed by atoms with Crippen molar-refractivity contribution in [3.63, 3.8) is 0 Å². The molecule has 2 N–H and O–H groups in total. The molecule has 0 aliphatic heterocycles. The van der Waals surface area contributed by atoms with Gasteiger partial charge in [0.15, 0.2) is 0 Å². The maximum atomic E-state index is 11.4. The number of sulfonamides is 1. The highest BCUT2D eigenvalue weighted by atomic mass is 79.9. The summed E-state index contributed by atoms with van der Waals surface area (Å²) in [6.45, 7) is 0.368. The fraction of sp³-hybridized carbons (Fsp3) is 0.417. The van der Waals surface area contributed by atoms with Gasteiger partial charge in [0.1, 0.15) is 5.75 Å². The van der Waals surface area contributed by atoms with Crippen molar-refractivity contribution in [2.75, 3.05) is 20.7 Å². The molecule has 8 heteroatoms. The first-order valence-electron chi connectivity index (χ1n) is 5.87. The summed E-state index contributed by atoms with van der Waals surface area (Å²) in [5.41, 5.74) is 0. The Kier molecular flexibility index (Phi) is 5.97. The van der Waals surface area contributed by atoms with Gasteiger partial charge in [0.05, 0.1) is 16.0 Å². The van der Waals surface area contributed by atoms with E-state index in [2.05, 4.69) is 15.9 Å². The summed E-state index contributed by atoms with van der Waals surface area (Å²) in [6.07, 6.45) is 0.986. The molecule has 0 aliphatic rings. The van der Waals surface area contributed by atoms with E-state index < -0.39 is 10.0 Å². The van der Waals surface area contributed by atoms with Gasteiger partial charge in [-0.15, -0.1) is 0 Å². The second-order valence-electron chi connectivity index (χ2n) is 4.38. The lowest BCUT2D eigenvalue weighted by Gasteiger charge is -2.11. The molecule has 0 unspecified atom stereocenters. The van der Waals surface area contributed by atoms with Gasteiger partial charge in [-0.25, -0.2) is 13.6 Å². The number of hydrogen-bond donors (Lipinski definition) is 1. The molecule has 0 heterocycles. The van der Waals surface area contributed by atoms with Crippen LogP contribution < -0.4 is 9.88 Å². The van der Waals surface area contributed by atoms with E-state index in [4.69, 9.17) is 9.88 Å². The van der Waals surface area contributed by atoms with E-state index in [0.29, 0.717) is 29.7 Å². The van der Waals surface area contributed by atoms with Crippen molar-refractivity contribution in [2.45, 2.75) is 17.7 Å². The molecule has 0 saturated heterocycles. The zero-order valence-electron chi connectivity index (χ0n) is 11.3. The van der Waals surface area contributed by atoms with E-state index in [-0.39, 0.29) is 10.8 Å². The second kappa shape index (κ2) is 7.05. The van der Waals surface area contributed by atoms with Crippen molar-refractivity contribution in [1.82, 2.24) is 4.90 Å². The highest BCUT2D eigenvalue weighted by Gasteiger charge is 2.11. The summed E-state index contributed by atoms with van der Waals surface area (Å²) in [7, 11) is -0.323. The van der Waals surface area contributed by atoms with Gasteiger partial charge >= 0.3 is 0 Å². The smallest absolute Gasteiger partial charge is 0.238 e. The number of halogens is 1. The summed E-state index contributed by atoms with van der Waals surface area (Å²) >= 11 is 3.22. The van der Waals surface area contributed by atoms with Crippen LogP contribution in [0.1, 0.15) is 12.8 Å². The Balaban J connectivity index is 2.56. The van der Waals surface area contributed by atoms with Gasteiger partial charge in [0.25, 0.3) is 0 Å². The monoisotopic (exact) mass is 364 g/mol. The normalized spacial score (nSPS) is 11.2. The Morgan fingerprint density at radius 2 is 2.05 bits per heavy atom. The minimum absolute atomic E-state index is 0.0134. The molecule has 0 saturated carbocycles. The summed E-state index contributed by atoms with van der Waals surface area (Å²) < 4.78 is 28.3. The zero-order valence-corrected chi connectivity index (χ0v) is 13.7. The van der Waals surface area contributed by atoms with Gasteiger partial charge < -0.3 is 9.64 Å². The predicted octanol–water partition coefficient (Wildman–Crippen LogP) is 1.34. The number of carbonyl (C=O) groups excluding carboxylic acids is 1. The number of hydrogen-bond acceptors (Lipinski definition) is 4. The van der Waals surface area contributed by atoms with Crippen LogP contribution in [-0.2, 0) is 14.8 Å². The van der Waals surface area contributed by atoms with E-state index in [1.807, 2.05) is 0 Å². The fourth-order valence-electron chi connectivity index (χ4n) is 1.40. The lowest BCUT2D eigenvalue weighted by atomic mass is 10.3. The lowest BCUT2D eigenvalue weighted by molar-refractivity contribution is -0.128. The van der Waals surface area contributed by atoms with Crippen LogP contribution in [0.3, 0.4) is 0 Å². The van der Waals surface area contributed by atoms with Crippen molar-refractivity contribution >= 4 is 31.9 Å². The molecule has 0 atom stereocenters. The quantitative estimate of drug-likeness (QED) is 0.771. The van der Waals surface area contributed by atoms with Crippen molar-refractivity contribution in [1.29, 1.82) is 0 Å². The number of nitrogens with two attached hydrogens (primary N) is 1. The summed E-state index contributed by atoms with van der Waals surface area (Å²) in [5.74, 6) is 0.548. The van der Waals surface area contributed by atoms with Crippen molar-refractivity contribution in [2.24, 2.45) is 5.14 Å². The molecule has 112 valence electrons. The largest absolute Gasteiger partial charge is 0.492 e. The molecule has 0 bridgehead atoms. The van der Waals surface area contributed by atoms with Gasteiger partial charge in [-0.05, 0) is 40.5 Å². The number of amides is 1. The molecule has 1 aromatic rings. The average Bonchev–Trinajstić information content (AvgIpc) is 2.34. The van der Waals surface area contributed by atoms with Crippen LogP contribution in [0, 0.1) is 0 Å². The zero-order chi connectivity index (χ0) is 15.3. The Bertz CT molecular complexity index is 587. The van der Waals surface area contributed by atoms with Crippen LogP contribution in [0.5, 0.6) is 5.75 Å². The van der Waals surface area contributed by atoms with Gasteiger partial charge in [-0.1, -0.05) is 0 Å². The molecule has 0 spiro atoms. The Morgan fingerprint density at radius 1 is 1.40 bits per heavy atom. The maximum Gasteiger partial charge on any atom is 0.238 e. The Labute approximate surface area is 127 Å². The Morgan fingerprint density at radius 3 is 2.55 bits per heavy atom. The summed E-state index contributed by atoms with van der Waals surface area (Å²) in [4.78, 5) is 12.9. The average molecular weight is 365 g/mol. The van der Waals surface area contributed by atoms with Gasteiger partial charge in [0.2, 0.25) is 15.9 Å². The molecule has 0 aromatic heterocycles. The van der Waals surface area contributed by atoms with E-state index in [0.717, 1.165) is 0 Å². The molecule has 1 aromatic carbocycles. The van der Waals surface area contributed by atoms with Crippen LogP contribution in [0.25, 0.3) is 0 Å². The lowest BCUT2D eigenvalue weighted by Crippen LogP contribution is -2.21. The first-order valence-corrected chi connectivity index (χ1v) is 8.21. The standard InChI is InChI=1S/C12H17BrN2O4S/c1-15(2)12(16)4-3-7-19-11-6-5-9(8-10(11)13)20(14,17)18/h5-6,8H,3-4,7H2,1-2H3,(H2,14,17,18). The number of nitrogens with zero attached hydrogens (tertiary/aromatic N) is 1. The van der Waals surface area contributed by atoms with Crippen molar-refractivity contribution < 1.29 is 17.9 Å². The molecule has 20 heavy (non-hydrogen) atoms. The predicted molar refractivity (Wildman–Crippen MR) is 78.9 cm³/mol. The van der Waals surface area contributed by atoms with Gasteiger partial charge in [-0.2, -0.15) is 0 Å². The van der Waals surface area contributed by atoms with Gasteiger partial charge in [-0.3, -0.25) is 4.79 Å². The van der Waals surface area contributed by atoms with E-state index >= 15 is 0 Å². The van der Waals surface area contributed by atoms with Crippen molar-refractivity contribution in [3.8, 4) is 5.75 Å². The minimum Gasteiger partial charge on any atom is -0.492 e. The minimum atomic E-state index is -3.72. The SMILES string of the molecule is CN(C)C(=O)CCCOc1ccc(S(N)(=O)=O)cc1Br. The maximum absolute atomic E-state index is 11.4. The van der Waals surface area contributed by atoms with Crippen LogP contribution in [-0.4, -0.2) is 39.9 Å². The highest BCUT2D eigenvalue weighted by molar-refractivity contribution is 9.10. The topological polar surface area (TPSA) is 89.7 Å². The highest BCUT2D eigenvalue weighted by Crippen LogP contribution is 2.27. The molecular weight excluding hydrogens is 348 g/mol. The number of rotatable bonds is 6. The van der Waals surface area contributed by atoms with Crippen molar-refractivity contribution in [3.05, 3.63) is 22.7 Å². The van der Waals surface area contributed by atoms with E-state index in [9.17, 15) is 13.2 Å². The third-order valence-corrected chi connectivity index (χ3v) is 4.05. The summed E-state index contributed by atoms with van der Waals surface area (Å²) in [5, 5.41) is 5.03. The van der Waals surface area contributed by atoms with Gasteiger partial charge in [0, 0.05) is 20.5 Å². The van der Waals surface area contributed by atoms with Crippen LogP contribution in [0.4, 0.5) is 0 Å². The molecule has 1 amide bonds. The third kappa shape index (κ3) is 5.10. The van der Waals surface area contributed by atoms with Crippen LogP contribution in [0.15, 0.2) is 27.6 Å². The Hall–Kier alpha value is -1.12. The van der Waals surface area contributed by atoms with E-state index in [1.54, 1.807) is 14.1 Å². The first-order chi connectivity index (χ1) is 9.21.